The Bertz CT molecular complexity index is 344. The van der Waals surface area contributed by atoms with Gasteiger partial charge in [-0.15, -0.1) is 0 Å². The van der Waals surface area contributed by atoms with E-state index in [1.54, 1.807) is 0 Å². The lowest BCUT2D eigenvalue weighted by molar-refractivity contribution is 0.0780. The van der Waals surface area contributed by atoms with Crippen molar-refractivity contribution in [3.63, 3.8) is 0 Å². The molecule has 1 fully saturated rings. The van der Waals surface area contributed by atoms with E-state index in [-0.39, 0.29) is 6.61 Å². The van der Waals surface area contributed by atoms with Crippen LogP contribution < -0.4 is 5.32 Å². The highest BCUT2D eigenvalue weighted by Crippen LogP contribution is 2.13. The molecular weight excluding hydrogens is 224 g/mol. The van der Waals surface area contributed by atoms with E-state index < -0.39 is 11.6 Å². The number of benzene rings is 1. The molecule has 1 saturated heterocycles. The molecule has 1 aromatic rings. The minimum Gasteiger partial charge on any atom is -0.376 e. The lowest BCUT2D eigenvalue weighted by atomic mass is 10.0. The summed E-state index contributed by atoms with van der Waals surface area (Å²) in [5, 5.41) is 3.30. The molecule has 1 aromatic carbocycles. The summed E-state index contributed by atoms with van der Waals surface area (Å²) in [5.41, 5.74) is 0.547. The largest absolute Gasteiger partial charge is 0.376 e. The minimum absolute atomic E-state index is 0.269. The van der Waals surface area contributed by atoms with Crippen molar-refractivity contribution in [2.24, 2.45) is 5.92 Å². The topological polar surface area (TPSA) is 21.3 Å². The Morgan fingerprint density at radius 3 is 2.65 bits per heavy atom. The maximum absolute atomic E-state index is 12.9. The Morgan fingerprint density at radius 2 is 2.00 bits per heavy atom. The highest BCUT2D eigenvalue weighted by atomic mass is 19.1. The Labute approximate surface area is 100.0 Å². The number of hydrogen-bond donors (Lipinski definition) is 1. The summed E-state index contributed by atoms with van der Waals surface area (Å²) in [6, 6.07) is 3.49. The Balaban J connectivity index is 1.77. The lowest BCUT2D eigenvalue weighted by Crippen LogP contribution is -2.32. The van der Waals surface area contributed by atoms with Gasteiger partial charge in [-0.2, -0.15) is 0 Å². The highest BCUT2D eigenvalue weighted by Gasteiger charge is 2.12. The van der Waals surface area contributed by atoms with Crippen molar-refractivity contribution in [2.75, 3.05) is 19.7 Å². The number of piperidine rings is 1. The molecule has 0 aromatic heterocycles. The van der Waals surface area contributed by atoms with Crippen molar-refractivity contribution in [3.05, 3.63) is 35.4 Å². The van der Waals surface area contributed by atoms with Gasteiger partial charge in [-0.1, -0.05) is 0 Å². The van der Waals surface area contributed by atoms with Gasteiger partial charge in [-0.05, 0) is 43.0 Å². The van der Waals surface area contributed by atoms with Crippen LogP contribution in [0.4, 0.5) is 8.78 Å². The molecule has 1 aliphatic rings. The van der Waals surface area contributed by atoms with E-state index in [9.17, 15) is 8.78 Å². The molecule has 94 valence electrons. The van der Waals surface area contributed by atoms with E-state index in [1.165, 1.54) is 18.6 Å². The number of hydrogen-bond acceptors (Lipinski definition) is 2. The second kappa shape index (κ2) is 6.07. The van der Waals surface area contributed by atoms with Crippen LogP contribution in [0, 0.1) is 17.6 Å². The van der Waals surface area contributed by atoms with Gasteiger partial charge >= 0.3 is 0 Å². The summed E-state index contributed by atoms with van der Waals surface area (Å²) < 4.78 is 31.3. The molecule has 2 nitrogen and oxygen atoms in total. The van der Waals surface area contributed by atoms with Crippen molar-refractivity contribution >= 4 is 0 Å². The van der Waals surface area contributed by atoms with Crippen LogP contribution in [0.3, 0.4) is 0 Å². The summed E-state index contributed by atoms with van der Waals surface area (Å²) in [7, 11) is 0. The summed E-state index contributed by atoms with van der Waals surface area (Å²) >= 11 is 0. The maximum Gasteiger partial charge on any atom is 0.126 e. The number of nitrogens with one attached hydrogen (secondary N) is 1. The molecule has 4 heteroatoms. The Morgan fingerprint density at radius 1 is 1.24 bits per heavy atom. The smallest absolute Gasteiger partial charge is 0.126 e. The second-order valence-corrected chi connectivity index (χ2v) is 4.51. The van der Waals surface area contributed by atoms with Crippen molar-refractivity contribution in [1.82, 2.24) is 5.32 Å². The van der Waals surface area contributed by atoms with E-state index in [0.717, 1.165) is 25.6 Å². The molecule has 0 radical (unpaired) electrons. The summed E-state index contributed by atoms with van der Waals surface area (Å²) in [5.74, 6) is -0.590. The molecule has 0 saturated carbocycles. The van der Waals surface area contributed by atoms with E-state index in [0.29, 0.717) is 18.1 Å². The van der Waals surface area contributed by atoms with Gasteiger partial charge in [0.15, 0.2) is 0 Å². The van der Waals surface area contributed by atoms with Crippen molar-refractivity contribution in [2.45, 2.75) is 19.4 Å². The molecule has 0 amide bonds. The molecule has 17 heavy (non-hydrogen) atoms. The molecule has 0 unspecified atom stereocenters. The zero-order valence-electron chi connectivity index (χ0n) is 9.72. The molecule has 1 aliphatic heterocycles. The van der Waals surface area contributed by atoms with E-state index >= 15 is 0 Å². The molecule has 1 atom stereocenters. The molecule has 1 heterocycles. The first-order chi connectivity index (χ1) is 8.24. The zero-order chi connectivity index (χ0) is 12.1. The van der Waals surface area contributed by atoms with E-state index in [4.69, 9.17) is 4.74 Å². The van der Waals surface area contributed by atoms with Crippen LogP contribution in [0.1, 0.15) is 18.4 Å². The fourth-order valence-electron chi connectivity index (χ4n) is 2.10. The first-order valence-electron chi connectivity index (χ1n) is 5.97. The summed E-state index contributed by atoms with van der Waals surface area (Å²) in [6.07, 6.45) is 2.33. The number of rotatable bonds is 4. The monoisotopic (exact) mass is 241 g/mol. The maximum atomic E-state index is 12.9. The Kier molecular flexibility index (Phi) is 4.45. The van der Waals surface area contributed by atoms with Gasteiger partial charge in [0.05, 0.1) is 13.2 Å². The van der Waals surface area contributed by atoms with Gasteiger partial charge in [0.25, 0.3) is 0 Å². The third-order valence-corrected chi connectivity index (χ3v) is 2.94. The third-order valence-electron chi connectivity index (χ3n) is 2.94. The molecule has 0 spiro atoms. The summed E-state index contributed by atoms with van der Waals surface area (Å²) in [6.45, 7) is 2.96. The molecule has 0 aliphatic carbocycles. The quantitative estimate of drug-likeness (QED) is 0.874. The van der Waals surface area contributed by atoms with Crippen LogP contribution in [0.5, 0.6) is 0 Å². The number of halogens is 2. The van der Waals surface area contributed by atoms with Crippen molar-refractivity contribution in [1.29, 1.82) is 0 Å². The van der Waals surface area contributed by atoms with Gasteiger partial charge in [0, 0.05) is 12.6 Å². The highest BCUT2D eigenvalue weighted by molar-refractivity contribution is 5.16. The fourth-order valence-corrected chi connectivity index (χ4v) is 2.10. The summed E-state index contributed by atoms with van der Waals surface area (Å²) in [4.78, 5) is 0. The van der Waals surface area contributed by atoms with Gasteiger partial charge in [0.2, 0.25) is 0 Å². The minimum atomic E-state index is -0.553. The van der Waals surface area contributed by atoms with Crippen molar-refractivity contribution < 1.29 is 13.5 Å². The van der Waals surface area contributed by atoms with E-state index in [1.807, 2.05) is 0 Å². The van der Waals surface area contributed by atoms with Crippen molar-refractivity contribution in [3.8, 4) is 0 Å². The van der Waals surface area contributed by atoms with Crippen LogP contribution in [-0.4, -0.2) is 19.7 Å². The fraction of sp³-hybridized carbons (Fsp3) is 0.538. The standard InChI is InChI=1S/C13H17F2NO/c14-12-4-11(5-13(15)6-12)9-17-8-10-2-1-3-16-7-10/h4-6,10,16H,1-3,7-9H2/t10-/m1/s1. The van der Waals surface area contributed by atoms with Gasteiger partial charge in [-0.25, -0.2) is 8.78 Å². The average molecular weight is 241 g/mol. The third kappa shape index (κ3) is 4.06. The molecule has 0 bridgehead atoms. The first kappa shape index (κ1) is 12.5. The predicted molar refractivity (Wildman–Crippen MR) is 61.6 cm³/mol. The van der Waals surface area contributed by atoms with Crippen LogP contribution in [-0.2, 0) is 11.3 Å². The van der Waals surface area contributed by atoms with E-state index in [2.05, 4.69) is 5.32 Å². The van der Waals surface area contributed by atoms with Gasteiger partial charge in [0.1, 0.15) is 11.6 Å². The lowest BCUT2D eigenvalue weighted by Gasteiger charge is -2.22. The molecule has 1 N–H and O–H groups in total. The van der Waals surface area contributed by atoms with Gasteiger partial charge in [-0.3, -0.25) is 0 Å². The second-order valence-electron chi connectivity index (χ2n) is 4.51. The zero-order valence-corrected chi connectivity index (χ0v) is 9.72. The van der Waals surface area contributed by atoms with Crippen LogP contribution >= 0.6 is 0 Å². The van der Waals surface area contributed by atoms with Crippen LogP contribution in [0.2, 0.25) is 0 Å². The molecule has 2 rings (SSSR count). The van der Waals surface area contributed by atoms with Gasteiger partial charge < -0.3 is 10.1 Å². The SMILES string of the molecule is Fc1cc(F)cc(COC[C@@H]2CCCNC2)c1. The predicted octanol–water partition coefficient (Wildman–Crippen LogP) is 2.48. The van der Waals surface area contributed by atoms with Crippen LogP contribution in [0.25, 0.3) is 0 Å². The van der Waals surface area contributed by atoms with Crippen LogP contribution in [0.15, 0.2) is 18.2 Å². The number of ether oxygens (including phenoxy) is 1. The average Bonchev–Trinajstić information content (AvgIpc) is 2.29. The molecular formula is C13H17F2NO. The normalized spacial score (nSPS) is 20.5. The first-order valence-corrected chi connectivity index (χ1v) is 5.97. The Hall–Kier alpha value is -1.00.